The first-order valence-corrected chi connectivity index (χ1v) is 5.93. The van der Waals surface area contributed by atoms with Crippen LogP contribution in [0.25, 0.3) is 0 Å². The summed E-state index contributed by atoms with van der Waals surface area (Å²) in [6.07, 6.45) is -4.61. The van der Waals surface area contributed by atoms with Crippen molar-refractivity contribution >= 4 is 11.4 Å². The molecule has 7 heteroatoms. The van der Waals surface area contributed by atoms with Gasteiger partial charge in [0, 0.05) is 0 Å². The highest BCUT2D eigenvalue weighted by atomic mass is 19.4. The van der Waals surface area contributed by atoms with Gasteiger partial charge in [-0.15, -0.1) is 0 Å². The molecule has 2 rings (SSSR count). The Labute approximate surface area is 118 Å². The third-order valence-electron chi connectivity index (χ3n) is 3.10. The number of nitrogen functional groups attached to an aromatic ring is 2. The summed E-state index contributed by atoms with van der Waals surface area (Å²) >= 11 is 0. The van der Waals surface area contributed by atoms with Crippen molar-refractivity contribution in [1.29, 1.82) is 0 Å². The minimum Gasteiger partial charge on any atom is -0.506 e. The van der Waals surface area contributed by atoms with Crippen LogP contribution in [0.15, 0.2) is 36.4 Å². The molecule has 0 aromatic heterocycles. The Morgan fingerprint density at radius 3 is 1.48 bits per heavy atom. The van der Waals surface area contributed by atoms with E-state index in [2.05, 4.69) is 0 Å². The number of phenols is 2. The van der Waals surface area contributed by atoms with Gasteiger partial charge in [-0.1, -0.05) is 12.1 Å². The largest absolute Gasteiger partial charge is 0.506 e. The summed E-state index contributed by atoms with van der Waals surface area (Å²) in [4.78, 5) is 0. The zero-order valence-corrected chi connectivity index (χ0v) is 10.7. The molecular formula is C14H13F3N2O2. The highest BCUT2D eigenvalue weighted by Gasteiger charge is 2.42. The number of hydrogen-bond acceptors (Lipinski definition) is 4. The fourth-order valence-electron chi connectivity index (χ4n) is 2.05. The van der Waals surface area contributed by atoms with Gasteiger partial charge in [-0.25, -0.2) is 0 Å². The first kappa shape index (κ1) is 14.8. The molecule has 0 amide bonds. The van der Waals surface area contributed by atoms with Gasteiger partial charge in [-0.05, 0) is 35.4 Å². The number of halogens is 3. The van der Waals surface area contributed by atoms with Crippen LogP contribution in [0.3, 0.4) is 0 Å². The Morgan fingerprint density at radius 1 is 0.810 bits per heavy atom. The van der Waals surface area contributed by atoms with Gasteiger partial charge in [-0.2, -0.15) is 13.2 Å². The van der Waals surface area contributed by atoms with Crippen LogP contribution in [0.4, 0.5) is 24.5 Å². The van der Waals surface area contributed by atoms with Gasteiger partial charge >= 0.3 is 6.18 Å². The molecule has 2 aromatic carbocycles. The first-order chi connectivity index (χ1) is 9.70. The highest BCUT2D eigenvalue weighted by molar-refractivity contribution is 5.57. The van der Waals surface area contributed by atoms with Gasteiger partial charge in [0.1, 0.15) is 17.4 Å². The number of benzene rings is 2. The van der Waals surface area contributed by atoms with Gasteiger partial charge in [0.15, 0.2) is 0 Å². The second-order valence-corrected chi connectivity index (χ2v) is 4.61. The predicted octanol–water partition coefficient (Wildman–Crippen LogP) is 2.96. The van der Waals surface area contributed by atoms with E-state index in [1.54, 1.807) is 0 Å². The molecular weight excluding hydrogens is 285 g/mol. The first-order valence-electron chi connectivity index (χ1n) is 5.93. The molecule has 21 heavy (non-hydrogen) atoms. The van der Waals surface area contributed by atoms with Crippen molar-refractivity contribution < 1.29 is 23.4 Å². The fourth-order valence-corrected chi connectivity index (χ4v) is 2.05. The molecule has 0 radical (unpaired) electrons. The average molecular weight is 298 g/mol. The molecule has 0 heterocycles. The quantitative estimate of drug-likeness (QED) is 0.506. The van der Waals surface area contributed by atoms with Crippen LogP contribution in [0.1, 0.15) is 17.0 Å². The molecule has 0 saturated heterocycles. The summed E-state index contributed by atoms with van der Waals surface area (Å²) in [6, 6.07) is 6.67. The van der Waals surface area contributed by atoms with Crippen LogP contribution < -0.4 is 11.5 Å². The van der Waals surface area contributed by atoms with E-state index in [9.17, 15) is 23.4 Å². The summed E-state index contributed by atoms with van der Waals surface area (Å²) in [5.41, 5.74) is 10.4. The summed E-state index contributed by atoms with van der Waals surface area (Å²) in [5, 5.41) is 19.0. The lowest BCUT2D eigenvalue weighted by Crippen LogP contribution is -2.22. The zero-order valence-electron chi connectivity index (χ0n) is 10.7. The van der Waals surface area contributed by atoms with E-state index < -0.39 is 23.6 Å². The predicted molar refractivity (Wildman–Crippen MR) is 72.9 cm³/mol. The molecule has 4 nitrogen and oxygen atoms in total. The van der Waals surface area contributed by atoms with Gasteiger partial charge < -0.3 is 21.7 Å². The standard InChI is InChI=1S/C14H13F3N2O2/c15-14(16,17)13(7-1-3-9(18)11(20)5-7)8-2-4-10(19)12(21)6-8/h1-6,13,20-21H,18-19H2. The monoisotopic (exact) mass is 298 g/mol. The van der Waals surface area contributed by atoms with Crippen molar-refractivity contribution in [2.45, 2.75) is 12.1 Å². The van der Waals surface area contributed by atoms with Crippen LogP contribution in [0.5, 0.6) is 11.5 Å². The van der Waals surface area contributed by atoms with E-state index in [0.29, 0.717) is 0 Å². The molecule has 0 aliphatic heterocycles. The molecule has 0 aliphatic carbocycles. The van der Waals surface area contributed by atoms with Gasteiger partial charge in [-0.3, -0.25) is 0 Å². The van der Waals surface area contributed by atoms with E-state index in [-0.39, 0.29) is 22.5 Å². The molecule has 0 fully saturated rings. The second kappa shape index (κ2) is 5.08. The number of aromatic hydroxyl groups is 2. The van der Waals surface area contributed by atoms with Crippen molar-refractivity contribution in [3.63, 3.8) is 0 Å². The summed E-state index contributed by atoms with van der Waals surface area (Å²) in [6.45, 7) is 0. The van der Waals surface area contributed by atoms with E-state index in [4.69, 9.17) is 11.5 Å². The lowest BCUT2D eigenvalue weighted by atomic mass is 9.90. The van der Waals surface area contributed by atoms with Gasteiger partial charge in [0.2, 0.25) is 0 Å². The molecule has 6 N–H and O–H groups in total. The maximum Gasteiger partial charge on any atom is 0.399 e. The fraction of sp³-hybridized carbons (Fsp3) is 0.143. The maximum atomic E-state index is 13.3. The minimum atomic E-state index is -4.61. The molecule has 0 spiro atoms. The molecule has 0 atom stereocenters. The number of phenolic OH excluding ortho intramolecular Hbond substituents is 2. The Kier molecular flexibility index (Phi) is 3.59. The summed E-state index contributed by atoms with van der Waals surface area (Å²) in [5.74, 6) is -2.86. The Morgan fingerprint density at radius 2 is 1.19 bits per heavy atom. The van der Waals surface area contributed by atoms with Crippen LogP contribution in [-0.4, -0.2) is 16.4 Å². The lowest BCUT2D eigenvalue weighted by Gasteiger charge is -2.22. The smallest absolute Gasteiger partial charge is 0.399 e. The van der Waals surface area contributed by atoms with Crippen molar-refractivity contribution in [2.24, 2.45) is 0 Å². The van der Waals surface area contributed by atoms with Crippen molar-refractivity contribution in [2.75, 3.05) is 11.5 Å². The number of anilines is 2. The second-order valence-electron chi connectivity index (χ2n) is 4.61. The molecule has 0 saturated carbocycles. The summed E-state index contributed by atoms with van der Waals surface area (Å²) < 4.78 is 40.0. The topological polar surface area (TPSA) is 92.5 Å². The number of nitrogens with two attached hydrogens (primary N) is 2. The third-order valence-corrected chi connectivity index (χ3v) is 3.10. The van der Waals surface area contributed by atoms with Crippen molar-refractivity contribution in [1.82, 2.24) is 0 Å². The zero-order chi connectivity index (χ0) is 15.8. The highest BCUT2D eigenvalue weighted by Crippen LogP contribution is 2.43. The molecule has 0 bridgehead atoms. The average Bonchev–Trinajstić information content (AvgIpc) is 2.37. The number of rotatable bonds is 2. The summed E-state index contributed by atoms with van der Waals surface area (Å²) in [7, 11) is 0. The normalized spacial score (nSPS) is 11.8. The van der Waals surface area contributed by atoms with E-state index in [1.165, 1.54) is 24.3 Å². The molecule has 0 unspecified atom stereocenters. The van der Waals surface area contributed by atoms with E-state index in [1.807, 2.05) is 0 Å². The van der Waals surface area contributed by atoms with Crippen LogP contribution in [-0.2, 0) is 0 Å². The van der Waals surface area contributed by atoms with Crippen LogP contribution in [0, 0.1) is 0 Å². The van der Waals surface area contributed by atoms with Gasteiger partial charge in [0.05, 0.1) is 11.4 Å². The number of hydrogen-bond donors (Lipinski definition) is 4. The number of alkyl halides is 3. The Balaban J connectivity index is 2.58. The molecule has 112 valence electrons. The Hall–Kier alpha value is -2.57. The van der Waals surface area contributed by atoms with Crippen LogP contribution >= 0.6 is 0 Å². The maximum absolute atomic E-state index is 13.3. The lowest BCUT2D eigenvalue weighted by molar-refractivity contribution is -0.141. The molecule has 0 aliphatic rings. The minimum absolute atomic E-state index is 0.0140. The third kappa shape index (κ3) is 2.96. The van der Waals surface area contributed by atoms with Crippen molar-refractivity contribution in [3.8, 4) is 11.5 Å². The van der Waals surface area contributed by atoms with Crippen molar-refractivity contribution in [3.05, 3.63) is 47.5 Å². The van der Waals surface area contributed by atoms with Gasteiger partial charge in [0.25, 0.3) is 0 Å². The SMILES string of the molecule is Nc1ccc(C(c2ccc(N)c(O)c2)C(F)(F)F)cc1O. The molecule has 2 aromatic rings. The van der Waals surface area contributed by atoms with E-state index in [0.717, 1.165) is 12.1 Å². The van der Waals surface area contributed by atoms with E-state index >= 15 is 0 Å². The van der Waals surface area contributed by atoms with Crippen LogP contribution in [0.2, 0.25) is 0 Å². The Bertz CT molecular complexity index is 620.